The molecule has 0 aliphatic rings. The molecular weight excluding hydrogens is 186 g/mol. The fourth-order valence-corrected chi connectivity index (χ4v) is 0.840. The van der Waals surface area contributed by atoms with Crippen molar-refractivity contribution in [2.24, 2.45) is 0 Å². The van der Waals surface area contributed by atoms with Gasteiger partial charge in [0, 0.05) is 6.07 Å². The molecule has 0 aliphatic carbocycles. The Hall–Kier alpha value is -1.85. The Kier molecular flexibility index (Phi) is 3.66. The van der Waals surface area contributed by atoms with Crippen molar-refractivity contribution in [1.29, 1.82) is 0 Å². The van der Waals surface area contributed by atoms with E-state index in [9.17, 15) is 9.59 Å². The number of hydrogen-bond donors (Lipinski definition) is 2. The second-order valence-corrected chi connectivity index (χ2v) is 2.45. The van der Waals surface area contributed by atoms with Crippen LogP contribution in [0.5, 0.6) is 0 Å². The molecule has 76 valence electrons. The fraction of sp³-hybridized carbons (Fsp3) is 0.375. The Labute approximate surface area is 80.3 Å². The van der Waals surface area contributed by atoms with E-state index < -0.39 is 0 Å². The number of ether oxygens (including phenoxy) is 1. The summed E-state index contributed by atoms with van der Waals surface area (Å²) in [5, 5.41) is 2.66. The maximum Gasteiger partial charge on any atom is 0.325 e. The number of rotatable bonds is 4. The maximum atomic E-state index is 10.9. The zero-order chi connectivity index (χ0) is 10.4. The largest absolute Gasteiger partial charge is 0.465 e. The second-order valence-electron chi connectivity index (χ2n) is 2.45. The van der Waals surface area contributed by atoms with Gasteiger partial charge in [-0.15, -0.1) is 0 Å². The lowest BCUT2D eigenvalue weighted by Gasteiger charge is -2.03. The van der Waals surface area contributed by atoms with Crippen LogP contribution >= 0.6 is 0 Å². The van der Waals surface area contributed by atoms with Crippen molar-refractivity contribution < 1.29 is 9.53 Å². The number of esters is 1. The van der Waals surface area contributed by atoms with Crippen LogP contribution in [0.2, 0.25) is 0 Å². The maximum absolute atomic E-state index is 10.9. The molecule has 6 heteroatoms. The smallest absolute Gasteiger partial charge is 0.325 e. The quantitative estimate of drug-likeness (QED) is 0.650. The molecule has 14 heavy (non-hydrogen) atoms. The molecule has 0 saturated heterocycles. The van der Waals surface area contributed by atoms with Crippen molar-refractivity contribution in [1.82, 2.24) is 9.97 Å². The summed E-state index contributed by atoms with van der Waals surface area (Å²) in [6.07, 6.45) is 1.26. The van der Waals surface area contributed by atoms with Gasteiger partial charge >= 0.3 is 5.97 Å². The SMILES string of the molecule is CCOC(=O)CNc1cc(=O)[nH]cn1. The number of hydrogen-bond acceptors (Lipinski definition) is 5. The Morgan fingerprint density at radius 1 is 1.71 bits per heavy atom. The topological polar surface area (TPSA) is 84.1 Å². The minimum absolute atomic E-state index is 0.00426. The van der Waals surface area contributed by atoms with Gasteiger partial charge in [0.1, 0.15) is 12.4 Å². The molecule has 0 radical (unpaired) electrons. The highest BCUT2D eigenvalue weighted by atomic mass is 16.5. The van der Waals surface area contributed by atoms with Crippen LogP contribution in [0.25, 0.3) is 0 Å². The molecule has 0 aromatic carbocycles. The number of nitrogens with zero attached hydrogens (tertiary/aromatic N) is 1. The molecule has 0 spiro atoms. The summed E-state index contributed by atoms with van der Waals surface area (Å²) in [5.41, 5.74) is -0.272. The average molecular weight is 197 g/mol. The normalized spacial score (nSPS) is 9.50. The van der Waals surface area contributed by atoms with E-state index in [4.69, 9.17) is 0 Å². The Morgan fingerprint density at radius 3 is 3.14 bits per heavy atom. The number of anilines is 1. The van der Waals surface area contributed by atoms with Crippen LogP contribution in [-0.2, 0) is 9.53 Å². The molecule has 1 heterocycles. The van der Waals surface area contributed by atoms with Gasteiger partial charge in [-0.1, -0.05) is 0 Å². The monoisotopic (exact) mass is 197 g/mol. The lowest BCUT2D eigenvalue weighted by molar-refractivity contribution is -0.140. The standard InChI is InChI=1S/C8H11N3O3/c1-2-14-8(13)4-9-6-3-7(12)11-5-10-6/h3,5H,2,4H2,1H3,(H2,9,10,11,12). The van der Waals surface area contributed by atoms with E-state index in [0.717, 1.165) is 0 Å². The van der Waals surface area contributed by atoms with Crippen LogP contribution < -0.4 is 10.9 Å². The minimum Gasteiger partial charge on any atom is -0.465 e. The number of carbonyl (C=O) groups excluding carboxylic acids is 1. The van der Waals surface area contributed by atoms with E-state index in [0.29, 0.717) is 12.4 Å². The molecule has 0 amide bonds. The zero-order valence-electron chi connectivity index (χ0n) is 7.74. The van der Waals surface area contributed by atoms with Crippen LogP contribution in [0, 0.1) is 0 Å². The first-order valence-corrected chi connectivity index (χ1v) is 4.16. The third-order valence-electron chi connectivity index (χ3n) is 1.40. The van der Waals surface area contributed by atoms with Gasteiger partial charge in [-0.2, -0.15) is 0 Å². The summed E-state index contributed by atoms with van der Waals surface area (Å²) in [6, 6.07) is 1.26. The molecule has 0 unspecified atom stereocenters. The second kappa shape index (κ2) is 5.00. The van der Waals surface area contributed by atoms with E-state index in [1.807, 2.05) is 0 Å². The number of nitrogens with one attached hydrogen (secondary N) is 2. The van der Waals surface area contributed by atoms with Crippen LogP contribution in [-0.4, -0.2) is 29.1 Å². The average Bonchev–Trinajstić information content (AvgIpc) is 2.15. The molecule has 0 fully saturated rings. The van der Waals surface area contributed by atoms with Crippen molar-refractivity contribution in [2.45, 2.75) is 6.92 Å². The number of aromatic amines is 1. The zero-order valence-corrected chi connectivity index (χ0v) is 7.74. The molecule has 1 aromatic rings. The van der Waals surface area contributed by atoms with Crippen molar-refractivity contribution in [3.63, 3.8) is 0 Å². The van der Waals surface area contributed by atoms with Gasteiger partial charge in [-0.05, 0) is 6.92 Å². The Morgan fingerprint density at radius 2 is 2.50 bits per heavy atom. The van der Waals surface area contributed by atoms with E-state index in [-0.39, 0.29) is 18.1 Å². The number of aromatic nitrogens is 2. The van der Waals surface area contributed by atoms with Crippen LogP contribution in [0.1, 0.15) is 6.92 Å². The lowest BCUT2D eigenvalue weighted by Crippen LogP contribution is -2.18. The first kappa shape index (κ1) is 10.2. The molecule has 6 nitrogen and oxygen atoms in total. The predicted molar refractivity (Wildman–Crippen MR) is 50.0 cm³/mol. The third-order valence-corrected chi connectivity index (χ3v) is 1.40. The van der Waals surface area contributed by atoms with Crippen molar-refractivity contribution in [2.75, 3.05) is 18.5 Å². The summed E-state index contributed by atoms with van der Waals surface area (Å²) in [4.78, 5) is 27.9. The van der Waals surface area contributed by atoms with Crippen LogP contribution in [0.3, 0.4) is 0 Å². The van der Waals surface area contributed by atoms with E-state index in [1.54, 1.807) is 6.92 Å². The van der Waals surface area contributed by atoms with Crippen molar-refractivity contribution in [3.05, 3.63) is 22.7 Å². The highest BCUT2D eigenvalue weighted by Crippen LogP contribution is 1.93. The molecule has 2 N–H and O–H groups in total. The van der Waals surface area contributed by atoms with Crippen LogP contribution in [0.4, 0.5) is 5.82 Å². The molecule has 1 aromatic heterocycles. The van der Waals surface area contributed by atoms with Gasteiger partial charge in [-0.25, -0.2) is 4.98 Å². The Bertz CT molecular complexity index is 361. The summed E-state index contributed by atoms with van der Waals surface area (Å²) in [5.74, 6) is -0.0311. The van der Waals surface area contributed by atoms with E-state index in [2.05, 4.69) is 20.0 Å². The van der Waals surface area contributed by atoms with Gasteiger partial charge in [0.2, 0.25) is 0 Å². The number of H-pyrrole nitrogens is 1. The molecule has 0 bridgehead atoms. The highest BCUT2D eigenvalue weighted by Gasteiger charge is 2.01. The third kappa shape index (κ3) is 3.26. The van der Waals surface area contributed by atoms with E-state index in [1.165, 1.54) is 12.4 Å². The number of carbonyl (C=O) groups is 1. The molecule has 0 saturated carbocycles. The Balaban J connectivity index is 2.46. The first-order valence-electron chi connectivity index (χ1n) is 4.16. The predicted octanol–water partition coefficient (Wildman–Crippen LogP) is -0.255. The summed E-state index contributed by atoms with van der Waals surface area (Å²) < 4.78 is 4.68. The van der Waals surface area contributed by atoms with Gasteiger partial charge in [-0.3, -0.25) is 9.59 Å². The van der Waals surface area contributed by atoms with Gasteiger partial charge in [0.25, 0.3) is 5.56 Å². The van der Waals surface area contributed by atoms with Gasteiger partial charge < -0.3 is 15.0 Å². The summed E-state index contributed by atoms with van der Waals surface area (Å²) >= 11 is 0. The highest BCUT2D eigenvalue weighted by molar-refractivity contribution is 5.74. The molecule has 0 atom stereocenters. The molecule has 1 rings (SSSR count). The molecule has 0 aliphatic heterocycles. The first-order chi connectivity index (χ1) is 6.72. The van der Waals surface area contributed by atoms with Gasteiger partial charge in [0.05, 0.1) is 12.9 Å². The fourth-order valence-electron chi connectivity index (χ4n) is 0.840. The summed E-state index contributed by atoms with van der Waals surface area (Å²) in [7, 11) is 0. The van der Waals surface area contributed by atoms with Crippen molar-refractivity contribution in [3.8, 4) is 0 Å². The summed E-state index contributed by atoms with van der Waals surface area (Å²) in [6.45, 7) is 2.07. The minimum atomic E-state index is -0.380. The van der Waals surface area contributed by atoms with E-state index >= 15 is 0 Å². The van der Waals surface area contributed by atoms with Crippen molar-refractivity contribution >= 4 is 11.8 Å². The molecular formula is C8H11N3O3. The lowest BCUT2D eigenvalue weighted by atomic mass is 10.5. The van der Waals surface area contributed by atoms with Crippen LogP contribution in [0.15, 0.2) is 17.2 Å². The van der Waals surface area contributed by atoms with Gasteiger partial charge in [0.15, 0.2) is 0 Å².